The molecule has 0 amide bonds. The van der Waals surface area contributed by atoms with E-state index in [0.717, 1.165) is 28.1 Å². The molecule has 1 N–H and O–H groups in total. The van der Waals surface area contributed by atoms with Gasteiger partial charge in [-0.2, -0.15) is 0 Å². The Labute approximate surface area is 177 Å². The van der Waals surface area contributed by atoms with Crippen molar-refractivity contribution in [3.63, 3.8) is 0 Å². The van der Waals surface area contributed by atoms with E-state index in [9.17, 15) is 0 Å². The molecule has 0 aliphatic carbocycles. The molecule has 3 aromatic rings. The van der Waals surface area contributed by atoms with E-state index in [1.54, 1.807) is 7.11 Å². The minimum absolute atomic E-state index is 0.419. The number of allylic oxidation sites excluding steroid dienone is 1. The van der Waals surface area contributed by atoms with Gasteiger partial charge >= 0.3 is 0 Å². The second kappa shape index (κ2) is 10.0. The Hall–Kier alpha value is -2.91. The molecule has 0 atom stereocenters. The van der Waals surface area contributed by atoms with Crippen molar-refractivity contribution >= 4 is 17.3 Å². The van der Waals surface area contributed by atoms with E-state index in [2.05, 4.69) is 49.2 Å². The maximum absolute atomic E-state index is 6.13. The minimum atomic E-state index is 0.419. The summed E-state index contributed by atoms with van der Waals surface area (Å²) < 4.78 is 11.8. The lowest BCUT2D eigenvalue weighted by Gasteiger charge is -2.17. The van der Waals surface area contributed by atoms with Crippen LogP contribution in [0.25, 0.3) is 0 Å². The van der Waals surface area contributed by atoms with E-state index in [1.165, 1.54) is 5.56 Å². The third kappa shape index (κ3) is 5.78. The van der Waals surface area contributed by atoms with Gasteiger partial charge in [-0.25, -0.2) is 0 Å². The fraction of sp³-hybridized carbons (Fsp3) is 0.200. The maximum Gasteiger partial charge on any atom is 0.165 e. The summed E-state index contributed by atoms with van der Waals surface area (Å²) in [6.45, 7) is 7.08. The molecule has 3 aromatic carbocycles. The Kier molecular flexibility index (Phi) is 7.20. The van der Waals surface area contributed by atoms with Crippen molar-refractivity contribution in [2.45, 2.75) is 26.5 Å². The first-order valence-corrected chi connectivity index (χ1v) is 9.95. The number of hydrogen-bond acceptors (Lipinski definition) is 3. The SMILES string of the molecule is C=CCc1cc(CNc2ccc(C)cc2)cc(OC)c1OCc1cccc(Cl)c1. The summed E-state index contributed by atoms with van der Waals surface area (Å²) in [7, 11) is 1.66. The molecule has 0 saturated carbocycles. The molecule has 0 aliphatic rings. The number of rotatable bonds is 9. The zero-order chi connectivity index (χ0) is 20.6. The Morgan fingerprint density at radius 2 is 1.83 bits per heavy atom. The van der Waals surface area contributed by atoms with Crippen LogP contribution in [-0.4, -0.2) is 7.11 Å². The third-order valence-corrected chi connectivity index (χ3v) is 4.83. The van der Waals surface area contributed by atoms with Crippen molar-refractivity contribution in [2.24, 2.45) is 0 Å². The molecule has 3 nitrogen and oxygen atoms in total. The number of methoxy groups -OCH3 is 1. The summed E-state index contributed by atoms with van der Waals surface area (Å²) in [6, 6.07) is 20.2. The predicted octanol–water partition coefficient (Wildman–Crippen LogP) is 6.58. The van der Waals surface area contributed by atoms with E-state index in [0.29, 0.717) is 30.3 Å². The molecule has 0 aromatic heterocycles. The predicted molar refractivity (Wildman–Crippen MR) is 121 cm³/mol. The van der Waals surface area contributed by atoms with Gasteiger partial charge in [-0.15, -0.1) is 6.58 Å². The minimum Gasteiger partial charge on any atom is -0.493 e. The summed E-state index contributed by atoms with van der Waals surface area (Å²) in [5.41, 5.74) is 5.50. The highest BCUT2D eigenvalue weighted by molar-refractivity contribution is 6.30. The lowest BCUT2D eigenvalue weighted by molar-refractivity contribution is 0.281. The van der Waals surface area contributed by atoms with Crippen LogP contribution >= 0.6 is 11.6 Å². The van der Waals surface area contributed by atoms with Crippen LogP contribution in [0.1, 0.15) is 22.3 Å². The fourth-order valence-corrected chi connectivity index (χ4v) is 3.32. The van der Waals surface area contributed by atoms with Crippen molar-refractivity contribution in [1.82, 2.24) is 0 Å². The summed E-state index contributed by atoms with van der Waals surface area (Å²) >= 11 is 6.08. The van der Waals surface area contributed by atoms with Crippen LogP contribution < -0.4 is 14.8 Å². The normalized spacial score (nSPS) is 10.4. The summed E-state index contributed by atoms with van der Waals surface area (Å²) in [5.74, 6) is 1.46. The van der Waals surface area contributed by atoms with Gasteiger partial charge in [0.2, 0.25) is 0 Å². The largest absolute Gasteiger partial charge is 0.493 e. The maximum atomic E-state index is 6.13. The standard InChI is InChI=1S/C25H26ClNO2/c1-4-6-21-13-20(16-27-23-11-9-18(2)10-12-23)15-24(28-3)25(21)29-17-19-7-5-8-22(26)14-19/h4-5,7-15,27H,1,6,16-17H2,2-3H3. The van der Waals surface area contributed by atoms with Crippen LogP contribution in [0.3, 0.4) is 0 Å². The highest BCUT2D eigenvalue weighted by atomic mass is 35.5. The van der Waals surface area contributed by atoms with E-state index in [1.807, 2.05) is 36.4 Å². The number of halogens is 1. The molecule has 3 rings (SSSR count). The number of aryl methyl sites for hydroxylation is 1. The quantitative estimate of drug-likeness (QED) is 0.406. The van der Waals surface area contributed by atoms with Crippen molar-refractivity contribution in [3.8, 4) is 11.5 Å². The fourth-order valence-electron chi connectivity index (χ4n) is 3.11. The molecule has 0 aliphatic heterocycles. The highest BCUT2D eigenvalue weighted by Gasteiger charge is 2.13. The second-order valence-corrected chi connectivity index (χ2v) is 7.35. The Morgan fingerprint density at radius 1 is 1.03 bits per heavy atom. The first-order chi connectivity index (χ1) is 14.1. The molecule has 0 spiro atoms. The Bertz CT molecular complexity index is 967. The molecule has 4 heteroatoms. The topological polar surface area (TPSA) is 30.5 Å². The number of hydrogen-bond donors (Lipinski definition) is 1. The summed E-state index contributed by atoms with van der Waals surface area (Å²) in [6.07, 6.45) is 2.57. The van der Waals surface area contributed by atoms with Crippen molar-refractivity contribution < 1.29 is 9.47 Å². The Balaban J connectivity index is 1.80. The zero-order valence-electron chi connectivity index (χ0n) is 16.9. The van der Waals surface area contributed by atoms with E-state index in [4.69, 9.17) is 21.1 Å². The molecule has 0 radical (unpaired) electrons. The number of benzene rings is 3. The number of nitrogens with one attached hydrogen (secondary N) is 1. The van der Waals surface area contributed by atoms with Gasteiger partial charge < -0.3 is 14.8 Å². The van der Waals surface area contributed by atoms with Gasteiger partial charge in [0.05, 0.1) is 7.11 Å². The van der Waals surface area contributed by atoms with Crippen LogP contribution in [0, 0.1) is 6.92 Å². The molecule has 0 fully saturated rings. The van der Waals surface area contributed by atoms with Gasteiger partial charge in [-0.3, -0.25) is 0 Å². The number of anilines is 1. The third-order valence-electron chi connectivity index (χ3n) is 4.60. The first-order valence-electron chi connectivity index (χ1n) is 9.57. The molecule has 0 unspecified atom stereocenters. The van der Waals surface area contributed by atoms with E-state index >= 15 is 0 Å². The highest BCUT2D eigenvalue weighted by Crippen LogP contribution is 2.34. The molecular formula is C25H26ClNO2. The van der Waals surface area contributed by atoms with Crippen LogP contribution in [0.4, 0.5) is 5.69 Å². The van der Waals surface area contributed by atoms with E-state index in [-0.39, 0.29) is 0 Å². The lowest BCUT2D eigenvalue weighted by atomic mass is 10.0. The molecule has 0 bridgehead atoms. The second-order valence-electron chi connectivity index (χ2n) is 6.92. The average molecular weight is 408 g/mol. The zero-order valence-corrected chi connectivity index (χ0v) is 17.6. The average Bonchev–Trinajstić information content (AvgIpc) is 2.72. The van der Waals surface area contributed by atoms with Gasteiger partial charge in [0.1, 0.15) is 6.61 Å². The van der Waals surface area contributed by atoms with Crippen molar-refractivity contribution in [3.05, 3.63) is 101 Å². The van der Waals surface area contributed by atoms with E-state index < -0.39 is 0 Å². The molecule has 0 saturated heterocycles. The van der Waals surface area contributed by atoms with Gasteiger partial charge in [0.15, 0.2) is 11.5 Å². The number of ether oxygens (including phenoxy) is 2. The smallest absolute Gasteiger partial charge is 0.165 e. The van der Waals surface area contributed by atoms with Crippen molar-refractivity contribution in [1.29, 1.82) is 0 Å². The molecule has 0 heterocycles. The molecular weight excluding hydrogens is 382 g/mol. The molecule has 29 heavy (non-hydrogen) atoms. The van der Waals surface area contributed by atoms with Crippen LogP contribution in [-0.2, 0) is 19.6 Å². The van der Waals surface area contributed by atoms with Crippen LogP contribution in [0.5, 0.6) is 11.5 Å². The summed E-state index contributed by atoms with van der Waals surface area (Å²) in [5, 5.41) is 4.15. The Morgan fingerprint density at radius 3 is 2.52 bits per heavy atom. The van der Waals surface area contributed by atoms with Gasteiger partial charge in [0, 0.05) is 22.8 Å². The van der Waals surface area contributed by atoms with Gasteiger partial charge in [-0.1, -0.05) is 47.5 Å². The van der Waals surface area contributed by atoms with Crippen molar-refractivity contribution in [2.75, 3.05) is 12.4 Å². The van der Waals surface area contributed by atoms with Gasteiger partial charge in [0.25, 0.3) is 0 Å². The lowest BCUT2D eigenvalue weighted by Crippen LogP contribution is -2.05. The van der Waals surface area contributed by atoms with Crippen LogP contribution in [0.15, 0.2) is 73.3 Å². The first kappa shape index (κ1) is 20.8. The monoisotopic (exact) mass is 407 g/mol. The van der Waals surface area contributed by atoms with Crippen LogP contribution in [0.2, 0.25) is 5.02 Å². The summed E-state index contributed by atoms with van der Waals surface area (Å²) in [4.78, 5) is 0. The molecule has 150 valence electrons. The van der Waals surface area contributed by atoms with Gasteiger partial charge in [-0.05, 0) is 60.9 Å².